The number of aromatic nitrogens is 1. The minimum Gasteiger partial charge on any atom is -0.383 e. The molecule has 6 nitrogen and oxygen atoms in total. The van der Waals surface area contributed by atoms with Gasteiger partial charge in [0, 0.05) is 30.1 Å². The minimum absolute atomic E-state index is 0.00607. The third kappa shape index (κ3) is 6.81. The summed E-state index contributed by atoms with van der Waals surface area (Å²) in [6, 6.07) is 8.49. The summed E-state index contributed by atoms with van der Waals surface area (Å²) in [5.41, 5.74) is 7.09. The Hall–Kier alpha value is -2.47. The molecule has 1 saturated heterocycles. The summed E-state index contributed by atoms with van der Waals surface area (Å²) in [6.07, 6.45) is 13.2. The molecule has 3 atom stereocenters. The van der Waals surface area contributed by atoms with Gasteiger partial charge in [-0.25, -0.2) is 4.98 Å². The van der Waals surface area contributed by atoms with Gasteiger partial charge in [0.15, 0.2) is 5.78 Å². The molecule has 3 N–H and O–H groups in total. The molecular formula is C29H42N4O2. The van der Waals surface area contributed by atoms with Crippen LogP contribution in [0.2, 0.25) is 0 Å². The molecule has 2 aliphatic rings. The zero-order valence-corrected chi connectivity index (χ0v) is 21.5. The van der Waals surface area contributed by atoms with Crippen molar-refractivity contribution in [2.24, 2.45) is 5.92 Å². The third-order valence-corrected chi connectivity index (χ3v) is 8.24. The molecule has 0 spiro atoms. The highest BCUT2D eigenvalue weighted by atomic mass is 16.2. The zero-order valence-electron chi connectivity index (χ0n) is 21.5. The molecule has 1 aromatic carbocycles. The number of pyridine rings is 1. The number of rotatable bonds is 9. The van der Waals surface area contributed by atoms with Crippen molar-refractivity contribution in [3.05, 3.63) is 36.0 Å². The fraction of sp³-hybridized carbons (Fsp3) is 0.621. The molecule has 0 unspecified atom stereocenters. The van der Waals surface area contributed by atoms with Gasteiger partial charge in [-0.15, -0.1) is 0 Å². The first-order chi connectivity index (χ1) is 16.9. The van der Waals surface area contributed by atoms with Gasteiger partial charge in [0.05, 0.1) is 12.6 Å². The van der Waals surface area contributed by atoms with E-state index in [0.717, 1.165) is 35.6 Å². The number of likely N-dealkylation sites (tertiary alicyclic amines) is 1. The van der Waals surface area contributed by atoms with Crippen LogP contribution in [0.25, 0.3) is 10.8 Å². The molecule has 0 bridgehead atoms. The fourth-order valence-corrected chi connectivity index (χ4v) is 6.07. The van der Waals surface area contributed by atoms with Crippen molar-refractivity contribution in [1.29, 1.82) is 0 Å². The van der Waals surface area contributed by atoms with Crippen molar-refractivity contribution >= 4 is 28.3 Å². The summed E-state index contributed by atoms with van der Waals surface area (Å²) in [7, 11) is 0. The Morgan fingerprint density at radius 2 is 1.80 bits per heavy atom. The molecule has 1 aliphatic heterocycles. The number of benzene rings is 1. The number of ketones is 1. The average molecular weight is 479 g/mol. The molecule has 190 valence electrons. The lowest BCUT2D eigenvalue weighted by molar-refractivity contribution is -0.129. The van der Waals surface area contributed by atoms with E-state index in [1.807, 2.05) is 18.2 Å². The van der Waals surface area contributed by atoms with Gasteiger partial charge in [-0.2, -0.15) is 0 Å². The van der Waals surface area contributed by atoms with Crippen LogP contribution in [0.1, 0.15) is 83.6 Å². The number of carbonyl (C=O) groups excluding carboxylic acids is 2. The van der Waals surface area contributed by atoms with E-state index < -0.39 is 0 Å². The van der Waals surface area contributed by atoms with Crippen molar-refractivity contribution < 1.29 is 9.59 Å². The summed E-state index contributed by atoms with van der Waals surface area (Å²) < 4.78 is 0. The topological polar surface area (TPSA) is 88.3 Å². The second-order valence-electron chi connectivity index (χ2n) is 10.9. The first-order valence-electron chi connectivity index (χ1n) is 13.6. The summed E-state index contributed by atoms with van der Waals surface area (Å²) >= 11 is 0. The Morgan fingerprint density at radius 3 is 2.54 bits per heavy atom. The molecule has 2 fully saturated rings. The summed E-state index contributed by atoms with van der Waals surface area (Å²) in [5, 5.41) is 5.15. The number of fused-ring (bicyclic) bond motifs is 1. The van der Waals surface area contributed by atoms with Gasteiger partial charge in [0.2, 0.25) is 5.91 Å². The number of hydrogen-bond acceptors (Lipinski definition) is 5. The molecule has 0 radical (unpaired) electrons. The molecule has 1 saturated carbocycles. The standard InChI is InChI=1S/C29H42N4O2/c1-20-7-6-8-21(2)33(20)19-28(35)32-26(18-22-9-4-3-5-10-22)27(34)14-12-23-11-13-25-24(17-23)15-16-31-29(25)30/h11,13,15-17,20-22,26H,3-10,12,14,18-19H2,1-2H3,(H2,30,31)(H,32,35)/t20-,21+,26-/m0/s1. The van der Waals surface area contributed by atoms with Crippen molar-refractivity contribution in [3.8, 4) is 0 Å². The largest absolute Gasteiger partial charge is 0.383 e. The van der Waals surface area contributed by atoms with Crippen LogP contribution in [0.5, 0.6) is 0 Å². The number of amides is 1. The summed E-state index contributed by atoms with van der Waals surface area (Å²) in [5.74, 6) is 1.20. The van der Waals surface area contributed by atoms with Crippen LogP contribution in [0, 0.1) is 5.92 Å². The summed E-state index contributed by atoms with van der Waals surface area (Å²) in [6.45, 7) is 4.80. The predicted octanol–water partition coefficient (Wildman–Crippen LogP) is 5.04. The normalized spacial score (nSPS) is 22.7. The van der Waals surface area contributed by atoms with Gasteiger partial charge in [-0.3, -0.25) is 14.5 Å². The predicted molar refractivity (Wildman–Crippen MR) is 142 cm³/mol. The molecule has 2 heterocycles. The fourth-order valence-electron chi connectivity index (χ4n) is 6.07. The molecule has 1 amide bonds. The van der Waals surface area contributed by atoms with Crippen LogP contribution in [0.3, 0.4) is 0 Å². The van der Waals surface area contributed by atoms with Crippen molar-refractivity contribution in [2.45, 2.75) is 103 Å². The number of carbonyl (C=O) groups is 2. The van der Waals surface area contributed by atoms with Gasteiger partial charge < -0.3 is 11.1 Å². The zero-order chi connectivity index (χ0) is 24.8. The van der Waals surface area contributed by atoms with Gasteiger partial charge >= 0.3 is 0 Å². The molecule has 1 aromatic heterocycles. The lowest BCUT2D eigenvalue weighted by Crippen LogP contribution is -2.51. The number of nitrogens with two attached hydrogens (primary N) is 1. The SMILES string of the molecule is C[C@@H]1CCC[C@H](C)N1CC(=O)N[C@@H](CC1CCCCC1)C(=O)CCc1ccc2c(N)nccc2c1. The quantitative estimate of drug-likeness (QED) is 0.527. The smallest absolute Gasteiger partial charge is 0.234 e. The number of piperidine rings is 1. The van der Waals surface area contributed by atoms with Gasteiger partial charge in [0.1, 0.15) is 5.82 Å². The second kappa shape index (κ2) is 12.0. The maximum absolute atomic E-state index is 13.4. The number of aryl methyl sites for hydroxylation is 1. The second-order valence-corrected chi connectivity index (χ2v) is 10.9. The highest BCUT2D eigenvalue weighted by molar-refractivity contribution is 5.92. The number of Topliss-reactive ketones (excluding diaryl/α,β-unsaturated/α-hetero) is 1. The Labute approximate surface area is 210 Å². The van der Waals surface area contributed by atoms with E-state index in [-0.39, 0.29) is 17.7 Å². The molecule has 6 heteroatoms. The Balaban J connectivity index is 1.40. The van der Waals surface area contributed by atoms with Crippen LogP contribution in [0.15, 0.2) is 30.5 Å². The Morgan fingerprint density at radius 1 is 1.06 bits per heavy atom. The maximum Gasteiger partial charge on any atom is 0.234 e. The first kappa shape index (κ1) is 25.6. The highest BCUT2D eigenvalue weighted by Crippen LogP contribution is 2.28. The van der Waals surface area contributed by atoms with E-state index >= 15 is 0 Å². The first-order valence-corrected chi connectivity index (χ1v) is 13.6. The van der Waals surface area contributed by atoms with E-state index in [1.165, 1.54) is 38.5 Å². The number of nitrogen functional groups attached to an aromatic ring is 1. The van der Waals surface area contributed by atoms with E-state index in [0.29, 0.717) is 43.2 Å². The van der Waals surface area contributed by atoms with Gasteiger partial charge in [-0.05, 0) is 62.5 Å². The number of anilines is 1. The number of hydrogen-bond donors (Lipinski definition) is 2. The van der Waals surface area contributed by atoms with Crippen LogP contribution < -0.4 is 11.1 Å². The Kier molecular flexibility index (Phi) is 8.77. The minimum atomic E-state index is -0.388. The van der Waals surface area contributed by atoms with Crippen molar-refractivity contribution in [3.63, 3.8) is 0 Å². The molecular weight excluding hydrogens is 436 g/mol. The van der Waals surface area contributed by atoms with E-state index in [9.17, 15) is 9.59 Å². The average Bonchev–Trinajstić information content (AvgIpc) is 2.85. The monoisotopic (exact) mass is 478 g/mol. The van der Waals surface area contributed by atoms with E-state index in [1.54, 1.807) is 6.20 Å². The Bertz CT molecular complexity index is 1010. The van der Waals surface area contributed by atoms with Crippen molar-refractivity contribution in [1.82, 2.24) is 15.2 Å². The maximum atomic E-state index is 13.4. The van der Waals surface area contributed by atoms with Crippen LogP contribution >= 0.6 is 0 Å². The molecule has 1 aliphatic carbocycles. The lowest BCUT2D eigenvalue weighted by atomic mass is 9.83. The van der Waals surface area contributed by atoms with Gasteiger partial charge in [0.25, 0.3) is 0 Å². The highest BCUT2D eigenvalue weighted by Gasteiger charge is 2.29. The third-order valence-electron chi connectivity index (χ3n) is 8.24. The lowest BCUT2D eigenvalue weighted by Gasteiger charge is -2.38. The van der Waals surface area contributed by atoms with Crippen molar-refractivity contribution in [2.75, 3.05) is 12.3 Å². The van der Waals surface area contributed by atoms with Crippen LogP contribution in [-0.4, -0.2) is 46.2 Å². The van der Waals surface area contributed by atoms with Crippen LogP contribution in [0.4, 0.5) is 5.82 Å². The van der Waals surface area contributed by atoms with E-state index in [4.69, 9.17) is 5.73 Å². The summed E-state index contributed by atoms with van der Waals surface area (Å²) in [4.78, 5) is 32.9. The molecule has 4 rings (SSSR count). The number of nitrogens with zero attached hydrogens (tertiary/aromatic N) is 2. The molecule has 35 heavy (non-hydrogen) atoms. The van der Waals surface area contributed by atoms with Gasteiger partial charge in [-0.1, -0.05) is 56.7 Å². The molecule has 2 aromatic rings. The van der Waals surface area contributed by atoms with Crippen LogP contribution in [-0.2, 0) is 16.0 Å². The number of nitrogens with one attached hydrogen (secondary N) is 1. The van der Waals surface area contributed by atoms with E-state index in [2.05, 4.69) is 35.1 Å².